The molecule has 24 heavy (non-hydrogen) atoms. The van der Waals surface area contributed by atoms with Gasteiger partial charge < -0.3 is 4.74 Å². The van der Waals surface area contributed by atoms with Crippen LogP contribution in [0.5, 0.6) is 5.75 Å². The summed E-state index contributed by atoms with van der Waals surface area (Å²) in [5.41, 5.74) is 0.741. The van der Waals surface area contributed by atoms with Crippen molar-refractivity contribution in [3.05, 3.63) is 101 Å². The minimum absolute atomic E-state index is 0.00508. The first kappa shape index (κ1) is 15.6. The molecule has 3 rings (SSSR count). The van der Waals surface area contributed by atoms with Gasteiger partial charge in [0, 0.05) is 5.56 Å². The molecular formula is C20H13FO3. The molecule has 3 aromatic carbocycles. The summed E-state index contributed by atoms with van der Waals surface area (Å²) in [6.45, 7) is 0. The van der Waals surface area contributed by atoms with Gasteiger partial charge in [0.25, 0.3) is 0 Å². The Morgan fingerprint density at radius 3 is 1.96 bits per heavy atom. The van der Waals surface area contributed by atoms with Crippen LogP contribution in [0.1, 0.15) is 26.3 Å². The molecule has 0 unspecified atom stereocenters. The molecule has 0 saturated heterocycles. The van der Waals surface area contributed by atoms with Crippen molar-refractivity contribution in [1.29, 1.82) is 0 Å². The van der Waals surface area contributed by atoms with E-state index in [0.717, 1.165) is 12.1 Å². The van der Waals surface area contributed by atoms with E-state index in [1.54, 1.807) is 60.7 Å². The van der Waals surface area contributed by atoms with Crippen molar-refractivity contribution in [1.82, 2.24) is 0 Å². The molecule has 4 heteroatoms. The lowest BCUT2D eigenvalue weighted by molar-refractivity contribution is 0.0732. The second-order valence-corrected chi connectivity index (χ2v) is 5.09. The maximum Gasteiger partial charge on any atom is 0.343 e. The Hall–Kier alpha value is -3.27. The van der Waals surface area contributed by atoms with E-state index >= 15 is 0 Å². The lowest BCUT2D eigenvalue weighted by Crippen LogP contribution is -2.12. The Kier molecular flexibility index (Phi) is 4.47. The van der Waals surface area contributed by atoms with Gasteiger partial charge >= 0.3 is 5.97 Å². The van der Waals surface area contributed by atoms with Crippen LogP contribution in [0.25, 0.3) is 0 Å². The van der Waals surface area contributed by atoms with Crippen LogP contribution in [-0.2, 0) is 0 Å². The van der Waals surface area contributed by atoms with Gasteiger partial charge in [-0.1, -0.05) is 48.5 Å². The quantitative estimate of drug-likeness (QED) is 0.409. The number of carbonyl (C=O) groups excluding carboxylic acids is 2. The largest absolute Gasteiger partial charge is 0.422 e. The fraction of sp³-hybridized carbons (Fsp3) is 0. The highest BCUT2D eigenvalue weighted by Gasteiger charge is 2.18. The molecule has 0 aliphatic carbocycles. The average Bonchev–Trinajstić information content (AvgIpc) is 2.64. The number of halogens is 1. The zero-order valence-corrected chi connectivity index (χ0v) is 12.6. The number of hydrogen-bond acceptors (Lipinski definition) is 3. The zero-order chi connectivity index (χ0) is 16.9. The third kappa shape index (κ3) is 3.38. The molecule has 0 bridgehead atoms. The van der Waals surface area contributed by atoms with Gasteiger partial charge in [-0.2, -0.15) is 0 Å². The normalized spacial score (nSPS) is 10.2. The number of benzene rings is 3. The molecule has 0 heterocycles. The number of ketones is 1. The monoisotopic (exact) mass is 320 g/mol. The molecular weight excluding hydrogens is 307 g/mol. The number of rotatable bonds is 4. The first-order valence-corrected chi connectivity index (χ1v) is 7.31. The SMILES string of the molecule is O=C(Oc1ccc(F)cc1C(=O)c1ccccc1)c1ccccc1. The predicted molar refractivity (Wildman–Crippen MR) is 87.7 cm³/mol. The zero-order valence-electron chi connectivity index (χ0n) is 12.6. The van der Waals surface area contributed by atoms with E-state index in [4.69, 9.17) is 4.74 Å². The van der Waals surface area contributed by atoms with Crippen molar-refractivity contribution in [3.8, 4) is 5.75 Å². The van der Waals surface area contributed by atoms with Crippen LogP contribution >= 0.6 is 0 Å². The summed E-state index contributed by atoms with van der Waals surface area (Å²) in [6, 6.07) is 20.3. The number of esters is 1. The van der Waals surface area contributed by atoms with Gasteiger partial charge in [-0.3, -0.25) is 4.79 Å². The van der Waals surface area contributed by atoms with Crippen LogP contribution in [0.2, 0.25) is 0 Å². The van der Waals surface area contributed by atoms with Gasteiger partial charge in [-0.05, 0) is 30.3 Å². The molecule has 118 valence electrons. The van der Waals surface area contributed by atoms with Crippen LogP contribution in [0.15, 0.2) is 78.9 Å². The molecule has 0 aromatic heterocycles. The van der Waals surface area contributed by atoms with Crippen LogP contribution in [0, 0.1) is 5.82 Å². The second kappa shape index (κ2) is 6.87. The van der Waals surface area contributed by atoms with Crippen molar-refractivity contribution in [3.63, 3.8) is 0 Å². The Labute approximate surface area is 138 Å². The molecule has 0 fully saturated rings. The van der Waals surface area contributed by atoms with Gasteiger partial charge in [-0.15, -0.1) is 0 Å². The molecule has 0 saturated carbocycles. The van der Waals surface area contributed by atoms with Crippen LogP contribution in [0.4, 0.5) is 4.39 Å². The van der Waals surface area contributed by atoms with Crippen molar-refractivity contribution in [2.24, 2.45) is 0 Å². The van der Waals surface area contributed by atoms with Gasteiger partial charge in [0.05, 0.1) is 11.1 Å². The van der Waals surface area contributed by atoms with Crippen molar-refractivity contribution in [2.75, 3.05) is 0 Å². The maximum absolute atomic E-state index is 13.6. The summed E-state index contributed by atoms with van der Waals surface area (Å²) in [7, 11) is 0. The summed E-state index contributed by atoms with van der Waals surface area (Å²) >= 11 is 0. The minimum Gasteiger partial charge on any atom is -0.422 e. The standard InChI is InChI=1S/C20H13FO3/c21-16-11-12-18(24-20(23)15-9-5-2-6-10-15)17(13-16)19(22)14-7-3-1-4-8-14/h1-13H. The summed E-state index contributed by atoms with van der Waals surface area (Å²) in [4.78, 5) is 24.8. The highest BCUT2D eigenvalue weighted by Crippen LogP contribution is 2.24. The number of hydrogen-bond donors (Lipinski definition) is 0. The van der Waals surface area contributed by atoms with Crippen LogP contribution in [-0.4, -0.2) is 11.8 Å². The van der Waals surface area contributed by atoms with Gasteiger partial charge in [-0.25, -0.2) is 9.18 Å². The van der Waals surface area contributed by atoms with E-state index in [0.29, 0.717) is 11.1 Å². The third-order valence-corrected chi connectivity index (χ3v) is 3.43. The molecule has 0 aliphatic rings. The Morgan fingerprint density at radius 1 is 0.750 bits per heavy atom. The summed E-state index contributed by atoms with van der Waals surface area (Å²) < 4.78 is 18.9. The minimum atomic E-state index is -0.607. The Balaban J connectivity index is 1.94. The van der Waals surface area contributed by atoms with E-state index < -0.39 is 17.6 Å². The Morgan fingerprint density at radius 2 is 1.33 bits per heavy atom. The van der Waals surface area contributed by atoms with E-state index in [2.05, 4.69) is 0 Å². The predicted octanol–water partition coefficient (Wildman–Crippen LogP) is 4.28. The first-order chi connectivity index (χ1) is 11.6. The second-order valence-electron chi connectivity index (χ2n) is 5.09. The number of carbonyl (C=O) groups is 2. The van der Waals surface area contributed by atoms with Crippen LogP contribution < -0.4 is 4.74 Å². The molecule has 0 radical (unpaired) electrons. The van der Waals surface area contributed by atoms with Gasteiger partial charge in [0.2, 0.25) is 0 Å². The van der Waals surface area contributed by atoms with E-state index in [-0.39, 0.29) is 11.3 Å². The third-order valence-electron chi connectivity index (χ3n) is 3.43. The molecule has 0 N–H and O–H groups in total. The van der Waals surface area contributed by atoms with Crippen molar-refractivity contribution >= 4 is 11.8 Å². The van der Waals surface area contributed by atoms with E-state index in [1.165, 1.54) is 6.07 Å². The van der Waals surface area contributed by atoms with Gasteiger partial charge in [0.15, 0.2) is 5.78 Å². The van der Waals surface area contributed by atoms with E-state index in [1.807, 2.05) is 0 Å². The average molecular weight is 320 g/mol. The first-order valence-electron chi connectivity index (χ1n) is 7.31. The lowest BCUT2D eigenvalue weighted by atomic mass is 10.0. The molecule has 0 amide bonds. The van der Waals surface area contributed by atoms with E-state index in [9.17, 15) is 14.0 Å². The molecule has 0 atom stereocenters. The smallest absolute Gasteiger partial charge is 0.343 e. The molecule has 0 spiro atoms. The fourth-order valence-corrected chi connectivity index (χ4v) is 2.25. The fourth-order valence-electron chi connectivity index (χ4n) is 2.25. The molecule has 3 nitrogen and oxygen atoms in total. The number of ether oxygens (including phenoxy) is 1. The summed E-state index contributed by atoms with van der Waals surface area (Å²) in [5.74, 6) is -1.57. The van der Waals surface area contributed by atoms with Crippen LogP contribution in [0.3, 0.4) is 0 Å². The Bertz CT molecular complexity index is 874. The highest BCUT2D eigenvalue weighted by molar-refractivity contribution is 6.11. The lowest BCUT2D eigenvalue weighted by Gasteiger charge is -2.10. The maximum atomic E-state index is 13.6. The topological polar surface area (TPSA) is 43.4 Å². The van der Waals surface area contributed by atoms with Gasteiger partial charge in [0.1, 0.15) is 11.6 Å². The molecule has 0 aliphatic heterocycles. The van der Waals surface area contributed by atoms with Crippen molar-refractivity contribution < 1.29 is 18.7 Å². The summed E-state index contributed by atoms with van der Waals surface area (Å²) in [6.07, 6.45) is 0. The van der Waals surface area contributed by atoms with Crippen molar-refractivity contribution in [2.45, 2.75) is 0 Å². The molecule has 3 aromatic rings. The summed E-state index contributed by atoms with van der Waals surface area (Å²) in [5, 5.41) is 0. The highest BCUT2D eigenvalue weighted by atomic mass is 19.1.